The Morgan fingerprint density at radius 1 is 1.50 bits per heavy atom. The molecule has 0 aromatic carbocycles. The highest BCUT2D eigenvalue weighted by Gasteiger charge is 2.22. The number of amides is 1. The number of rotatable bonds is 6. The van der Waals surface area contributed by atoms with Gasteiger partial charge < -0.3 is 10.0 Å². The lowest BCUT2D eigenvalue weighted by atomic mass is 10.00. The van der Waals surface area contributed by atoms with E-state index in [9.17, 15) is 4.79 Å². The maximum atomic E-state index is 11.4. The highest BCUT2D eigenvalue weighted by Crippen LogP contribution is 2.17. The Morgan fingerprint density at radius 3 is 2.79 bits per heavy atom. The fourth-order valence-electron chi connectivity index (χ4n) is 2.13. The Bertz CT molecular complexity index is 176. The van der Waals surface area contributed by atoms with E-state index < -0.39 is 0 Å². The molecule has 1 amide bonds. The molecule has 1 aliphatic heterocycles. The van der Waals surface area contributed by atoms with Crippen LogP contribution in [0.25, 0.3) is 0 Å². The first-order valence-electron chi connectivity index (χ1n) is 5.66. The predicted octanol–water partition coefficient (Wildman–Crippen LogP) is 1.41. The van der Waals surface area contributed by atoms with Crippen LogP contribution in [0.2, 0.25) is 0 Å². The van der Waals surface area contributed by atoms with Crippen LogP contribution in [0.4, 0.5) is 0 Å². The lowest BCUT2D eigenvalue weighted by Gasteiger charge is -2.22. The molecular weight excluding hydrogens is 178 g/mol. The van der Waals surface area contributed by atoms with E-state index in [0.29, 0.717) is 11.8 Å². The second kappa shape index (κ2) is 6.02. The van der Waals surface area contributed by atoms with Gasteiger partial charge in [-0.05, 0) is 25.2 Å². The molecule has 14 heavy (non-hydrogen) atoms. The van der Waals surface area contributed by atoms with Crippen molar-refractivity contribution in [3.8, 4) is 0 Å². The van der Waals surface area contributed by atoms with Gasteiger partial charge in [-0.25, -0.2) is 0 Å². The number of aliphatic hydroxyl groups is 1. The van der Waals surface area contributed by atoms with E-state index in [1.165, 1.54) is 0 Å². The summed E-state index contributed by atoms with van der Waals surface area (Å²) in [4.78, 5) is 13.3. The van der Waals surface area contributed by atoms with Crippen LogP contribution in [0.3, 0.4) is 0 Å². The van der Waals surface area contributed by atoms with Crippen LogP contribution >= 0.6 is 0 Å². The van der Waals surface area contributed by atoms with Crippen LogP contribution in [0, 0.1) is 5.92 Å². The molecule has 82 valence electrons. The fraction of sp³-hybridized carbons (Fsp3) is 0.909. The van der Waals surface area contributed by atoms with Gasteiger partial charge in [-0.15, -0.1) is 0 Å². The van der Waals surface area contributed by atoms with Crippen molar-refractivity contribution in [2.24, 2.45) is 5.92 Å². The van der Waals surface area contributed by atoms with E-state index in [1.54, 1.807) is 0 Å². The minimum absolute atomic E-state index is 0.243. The lowest BCUT2D eigenvalue weighted by Crippen LogP contribution is -2.30. The minimum Gasteiger partial charge on any atom is -0.396 e. The summed E-state index contributed by atoms with van der Waals surface area (Å²) in [7, 11) is 0. The molecule has 0 aromatic heterocycles. The number of hydrogen-bond acceptors (Lipinski definition) is 2. The van der Waals surface area contributed by atoms with Gasteiger partial charge in [0.1, 0.15) is 0 Å². The fourth-order valence-corrected chi connectivity index (χ4v) is 2.13. The molecule has 1 aliphatic rings. The number of likely N-dealkylation sites (tertiary alicyclic amines) is 1. The van der Waals surface area contributed by atoms with Crippen molar-refractivity contribution in [3.05, 3.63) is 0 Å². The standard InChI is InChI=1S/C11H21NO2/c1-2-4-10(6-8-13)9-12-7-3-5-11(12)14/h10,13H,2-9H2,1H3. The molecule has 1 rings (SSSR count). The Hall–Kier alpha value is -0.570. The molecule has 0 radical (unpaired) electrons. The summed E-state index contributed by atoms with van der Waals surface area (Å²) in [5, 5.41) is 8.90. The van der Waals surface area contributed by atoms with E-state index in [4.69, 9.17) is 5.11 Å². The summed E-state index contributed by atoms with van der Waals surface area (Å²) in [6.45, 7) is 4.17. The van der Waals surface area contributed by atoms with Crippen LogP contribution in [0.1, 0.15) is 39.0 Å². The molecular formula is C11H21NO2. The van der Waals surface area contributed by atoms with E-state index in [2.05, 4.69) is 6.92 Å². The number of hydrogen-bond donors (Lipinski definition) is 1. The highest BCUT2D eigenvalue weighted by molar-refractivity contribution is 5.78. The summed E-state index contributed by atoms with van der Waals surface area (Å²) in [6, 6.07) is 0. The largest absolute Gasteiger partial charge is 0.396 e. The van der Waals surface area contributed by atoms with Crippen LogP contribution in [0.15, 0.2) is 0 Å². The summed E-state index contributed by atoms with van der Waals surface area (Å²) >= 11 is 0. The summed E-state index contributed by atoms with van der Waals surface area (Å²) < 4.78 is 0. The van der Waals surface area contributed by atoms with Gasteiger partial charge in [0.05, 0.1) is 0 Å². The lowest BCUT2D eigenvalue weighted by molar-refractivity contribution is -0.128. The third kappa shape index (κ3) is 3.29. The molecule has 0 spiro atoms. The van der Waals surface area contributed by atoms with Gasteiger partial charge in [0.2, 0.25) is 5.91 Å². The average Bonchev–Trinajstić information content (AvgIpc) is 2.53. The third-order valence-corrected chi connectivity index (χ3v) is 2.88. The molecule has 0 bridgehead atoms. The van der Waals surface area contributed by atoms with Gasteiger partial charge in [-0.1, -0.05) is 13.3 Å². The summed E-state index contributed by atoms with van der Waals surface area (Å²) in [5.74, 6) is 0.788. The van der Waals surface area contributed by atoms with Crippen LogP contribution in [-0.2, 0) is 4.79 Å². The predicted molar refractivity (Wildman–Crippen MR) is 55.9 cm³/mol. The molecule has 1 fully saturated rings. The Balaban J connectivity index is 2.33. The Kier molecular flexibility index (Phi) is 4.94. The quantitative estimate of drug-likeness (QED) is 0.702. The third-order valence-electron chi connectivity index (χ3n) is 2.88. The zero-order chi connectivity index (χ0) is 10.4. The van der Waals surface area contributed by atoms with E-state index >= 15 is 0 Å². The highest BCUT2D eigenvalue weighted by atomic mass is 16.3. The van der Waals surface area contributed by atoms with Gasteiger partial charge in [0.15, 0.2) is 0 Å². The first-order valence-corrected chi connectivity index (χ1v) is 5.66. The van der Waals surface area contributed by atoms with Gasteiger partial charge >= 0.3 is 0 Å². The van der Waals surface area contributed by atoms with Crippen molar-refractivity contribution in [2.45, 2.75) is 39.0 Å². The van der Waals surface area contributed by atoms with Crippen LogP contribution in [-0.4, -0.2) is 35.6 Å². The number of aliphatic hydroxyl groups excluding tert-OH is 1. The first kappa shape index (κ1) is 11.5. The van der Waals surface area contributed by atoms with Gasteiger partial charge in [0, 0.05) is 26.1 Å². The van der Waals surface area contributed by atoms with E-state index in [-0.39, 0.29) is 6.61 Å². The van der Waals surface area contributed by atoms with Crippen LogP contribution < -0.4 is 0 Å². The number of carbonyl (C=O) groups is 1. The van der Waals surface area contributed by atoms with Crippen molar-refractivity contribution in [3.63, 3.8) is 0 Å². The SMILES string of the molecule is CCCC(CCO)CN1CCCC1=O. The topological polar surface area (TPSA) is 40.5 Å². The molecule has 3 nitrogen and oxygen atoms in total. The van der Waals surface area contributed by atoms with Crippen molar-refractivity contribution in [2.75, 3.05) is 19.7 Å². The molecule has 0 saturated carbocycles. The van der Waals surface area contributed by atoms with Crippen molar-refractivity contribution < 1.29 is 9.90 Å². The molecule has 1 heterocycles. The monoisotopic (exact) mass is 199 g/mol. The van der Waals surface area contributed by atoms with E-state index in [0.717, 1.165) is 45.2 Å². The molecule has 1 atom stereocenters. The molecule has 0 aromatic rings. The van der Waals surface area contributed by atoms with Crippen molar-refractivity contribution in [1.29, 1.82) is 0 Å². The van der Waals surface area contributed by atoms with Gasteiger partial charge in [-0.2, -0.15) is 0 Å². The second-order valence-electron chi connectivity index (χ2n) is 4.11. The summed E-state index contributed by atoms with van der Waals surface area (Å²) in [5.41, 5.74) is 0. The van der Waals surface area contributed by atoms with Crippen molar-refractivity contribution in [1.82, 2.24) is 4.90 Å². The molecule has 0 aliphatic carbocycles. The zero-order valence-electron chi connectivity index (χ0n) is 9.04. The van der Waals surface area contributed by atoms with Gasteiger partial charge in [0.25, 0.3) is 0 Å². The van der Waals surface area contributed by atoms with E-state index in [1.807, 2.05) is 4.90 Å². The Morgan fingerprint density at radius 2 is 2.29 bits per heavy atom. The van der Waals surface area contributed by atoms with Crippen LogP contribution in [0.5, 0.6) is 0 Å². The van der Waals surface area contributed by atoms with Crippen molar-refractivity contribution >= 4 is 5.91 Å². The molecule has 1 N–H and O–H groups in total. The first-order chi connectivity index (χ1) is 6.77. The Labute approximate surface area is 86.1 Å². The maximum absolute atomic E-state index is 11.4. The molecule has 1 unspecified atom stereocenters. The average molecular weight is 199 g/mol. The van der Waals surface area contributed by atoms with Gasteiger partial charge in [-0.3, -0.25) is 4.79 Å². The normalized spacial score (nSPS) is 19.0. The number of nitrogens with zero attached hydrogens (tertiary/aromatic N) is 1. The zero-order valence-corrected chi connectivity index (χ0v) is 9.04. The minimum atomic E-state index is 0.243. The maximum Gasteiger partial charge on any atom is 0.222 e. The molecule has 1 saturated heterocycles. The smallest absolute Gasteiger partial charge is 0.222 e. The number of carbonyl (C=O) groups excluding carboxylic acids is 1. The molecule has 3 heteroatoms. The summed E-state index contributed by atoms with van der Waals surface area (Å²) in [6.07, 6.45) is 4.81. The second-order valence-corrected chi connectivity index (χ2v) is 4.11.